The second-order valence-corrected chi connectivity index (χ2v) is 17.9. The SMILES string of the molecule is c1ccc(-c2ccc(N(c3ccc4c(c3)c(-c3ccccc3)c(-c3ccccc3)c3ccccc34)c3cccc4c3-c3ccccc3C4(c3ccccc3)c3ccccc3)c3ccccc23)cc1. The van der Waals surface area contributed by atoms with Crippen molar-refractivity contribution in [3.05, 3.63) is 295 Å². The molecule has 0 bridgehead atoms. The molecule has 0 unspecified atom stereocenters. The van der Waals surface area contributed by atoms with Crippen LogP contribution in [0.2, 0.25) is 0 Å². The van der Waals surface area contributed by atoms with Gasteiger partial charge in [0.1, 0.15) is 0 Å². The van der Waals surface area contributed by atoms with E-state index in [0.29, 0.717) is 0 Å². The van der Waals surface area contributed by atoms with Gasteiger partial charge in [0, 0.05) is 16.6 Å². The van der Waals surface area contributed by atoms with Crippen LogP contribution in [0.25, 0.3) is 76.8 Å². The summed E-state index contributed by atoms with van der Waals surface area (Å²) in [6.45, 7) is 0. The van der Waals surface area contributed by atoms with Crippen LogP contribution in [0, 0.1) is 0 Å². The highest BCUT2D eigenvalue weighted by atomic mass is 15.1. The third-order valence-electron chi connectivity index (χ3n) is 14.3. The van der Waals surface area contributed by atoms with Crippen molar-refractivity contribution in [3.8, 4) is 44.5 Å². The fraction of sp³-hybridized carbons (Fsp3) is 0.0149. The number of rotatable bonds is 8. The van der Waals surface area contributed by atoms with Crippen LogP contribution in [-0.2, 0) is 5.41 Å². The van der Waals surface area contributed by atoms with E-state index in [-0.39, 0.29) is 0 Å². The number of anilines is 3. The molecular formula is C67H45N. The van der Waals surface area contributed by atoms with E-state index < -0.39 is 5.41 Å². The van der Waals surface area contributed by atoms with Crippen LogP contribution in [0.4, 0.5) is 17.1 Å². The summed E-state index contributed by atoms with van der Waals surface area (Å²) >= 11 is 0. The molecule has 0 radical (unpaired) electrons. The predicted molar refractivity (Wildman–Crippen MR) is 287 cm³/mol. The Bertz CT molecular complexity index is 3780. The zero-order valence-electron chi connectivity index (χ0n) is 37.4. The topological polar surface area (TPSA) is 3.24 Å². The van der Waals surface area contributed by atoms with Crippen molar-refractivity contribution in [2.24, 2.45) is 0 Å². The summed E-state index contributed by atoms with van der Waals surface area (Å²) in [7, 11) is 0. The van der Waals surface area contributed by atoms with Crippen LogP contribution in [0.15, 0.2) is 273 Å². The Balaban J connectivity index is 1.17. The second kappa shape index (κ2) is 16.3. The second-order valence-electron chi connectivity index (χ2n) is 17.9. The zero-order valence-corrected chi connectivity index (χ0v) is 37.4. The number of nitrogens with zero attached hydrogens (tertiary/aromatic N) is 1. The van der Waals surface area contributed by atoms with E-state index in [4.69, 9.17) is 0 Å². The average Bonchev–Trinajstić information content (AvgIpc) is 3.73. The van der Waals surface area contributed by atoms with E-state index in [2.05, 4.69) is 278 Å². The minimum Gasteiger partial charge on any atom is -0.309 e. The first-order valence-corrected chi connectivity index (χ1v) is 23.6. The highest BCUT2D eigenvalue weighted by Crippen LogP contribution is 2.60. The van der Waals surface area contributed by atoms with Gasteiger partial charge in [0.05, 0.1) is 16.8 Å². The fourth-order valence-corrected chi connectivity index (χ4v) is 11.5. The molecular weight excluding hydrogens is 819 g/mol. The molecule has 0 amide bonds. The van der Waals surface area contributed by atoms with E-state index in [9.17, 15) is 0 Å². The molecule has 1 heteroatoms. The zero-order chi connectivity index (χ0) is 45.0. The lowest BCUT2D eigenvalue weighted by atomic mass is 9.68. The first-order chi connectivity index (χ1) is 33.8. The molecule has 318 valence electrons. The molecule has 0 spiro atoms. The molecule has 0 aromatic heterocycles. The van der Waals surface area contributed by atoms with Crippen molar-refractivity contribution in [1.29, 1.82) is 0 Å². The van der Waals surface area contributed by atoms with Crippen LogP contribution in [0.5, 0.6) is 0 Å². The van der Waals surface area contributed by atoms with E-state index in [1.54, 1.807) is 0 Å². The van der Waals surface area contributed by atoms with Gasteiger partial charge in [0.25, 0.3) is 0 Å². The summed E-state index contributed by atoms with van der Waals surface area (Å²) < 4.78 is 0. The van der Waals surface area contributed by atoms with Crippen molar-refractivity contribution in [1.82, 2.24) is 0 Å². The van der Waals surface area contributed by atoms with E-state index in [1.807, 2.05) is 0 Å². The maximum absolute atomic E-state index is 2.56. The molecule has 0 N–H and O–H groups in total. The molecule has 0 atom stereocenters. The first kappa shape index (κ1) is 39.6. The highest BCUT2D eigenvalue weighted by molar-refractivity contribution is 6.22. The van der Waals surface area contributed by atoms with Crippen LogP contribution in [0.1, 0.15) is 22.3 Å². The van der Waals surface area contributed by atoms with Crippen LogP contribution in [0.3, 0.4) is 0 Å². The standard InChI is InChI=1S/C67H45N/c1-6-23-46(24-7-1)52-43-44-62(56-35-18-16-33-53(52)56)68(63-40-22-39-61-66(63)58-37-20-21-38-60(58)67(61,49-29-12-4-13-30-49)50-31-14-5-15-32-50)51-41-42-55-54-34-17-19-36-57(54)64(47-25-8-2-9-26-47)65(59(55)45-51)48-27-10-3-11-28-48/h1-45H. The molecule has 1 aliphatic rings. The van der Waals surface area contributed by atoms with Crippen LogP contribution in [-0.4, -0.2) is 0 Å². The van der Waals surface area contributed by atoms with Gasteiger partial charge in [-0.3, -0.25) is 0 Å². The van der Waals surface area contributed by atoms with E-state index in [1.165, 1.54) is 99.1 Å². The maximum Gasteiger partial charge on any atom is 0.0714 e. The molecule has 68 heavy (non-hydrogen) atoms. The quantitative estimate of drug-likeness (QED) is 0.138. The third kappa shape index (κ3) is 6.10. The predicted octanol–water partition coefficient (Wildman–Crippen LogP) is 18.0. The molecule has 1 aliphatic carbocycles. The van der Waals surface area contributed by atoms with Gasteiger partial charge in [-0.2, -0.15) is 0 Å². The van der Waals surface area contributed by atoms with E-state index >= 15 is 0 Å². The smallest absolute Gasteiger partial charge is 0.0714 e. The number of benzene rings is 12. The van der Waals surface area contributed by atoms with Gasteiger partial charge in [0.2, 0.25) is 0 Å². The number of hydrogen-bond donors (Lipinski definition) is 0. The molecule has 0 saturated carbocycles. The number of fused-ring (bicyclic) bond motifs is 7. The van der Waals surface area contributed by atoms with Gasteiger partial charge in [-0.1, -0.05) is 249 Å². The lowest BCUT2D eigenvalue weighted by Crippen LogP contribution is -2.28. The molecule has 12 aromatic carbocycles. The Labute approximate surface area is 397 Å². The van der Waals surface area contributed by atoms with Gasteiger partial charge < -0.3 is 4.90 Å². The Hall–Kier alpha value is -8.78. The monoisotopic (exact) mass is 863 g/mol. The van der Waals surface area contributed by atoms with Crippen molar-refractivity contribution >= 4 is 49.4 Å². The summed E-state index contributed by atoms with van der Waals surface area (Å²) in [4.78, 5) is 2.56. The van der Waals surface area contributed by atoms with E-state index in [0.717, 1.165) is 17.1 Å². The first-order valence-electron chi connectivity index (χ1n) is 23.6. The Morgan fingerprint density at radius 3 is 1.38 bits per heavy atom. The molecule has 0 saturated heterocycles. The highest BCUT2D eigenvalue weighted by Gasteiger charge is 2.47. The summed E-state index contributed by atoms with van der Waals surface area (Å²) in [6, 6.07) is 101. The molecule has 0 fully saturated rings. The maximum atomic E-state index is 2.56. The minimum absolute atomic E-state index is 0.553. The number of hydrogen-bond acceptors (Lipinski definition) is 1. The van der Waals surface area contributed by atoms with Crippen molar-refractivity contribution in [2.45, 2.75) is 5.41 Å². The largest absolute Gasteiger partial charge is 0.309 e. The van der Waals surface area contributed by atoms with Gasteiger partial charge >= 0.3 is 0 Å². The van der Waals surface area contributed by atoms with Crippen LogP contribution < -0.4 is 4.90 Å². The lowest BCUT2D eigenvalue weighted by molar-refractivity contribution is 0.768. The van der Waals surface area contributed by atoms with Crippen LogP contribution >= 0.6 is 0 Å². The van der Waals surface area contributed by atoms with Gasteiger partial charge in [-0.05, 0) is 112 Å². The summed E-state index contributed by atoms with van der Waals surface area (Å²) in [6.07, 6.45) is 0. The van der Waals surface area contributed by atoms with Gasteiger partial charge in [-0.15, -0.1) is 0 Å². The van der Waals surface area contributed by atoms with Crippen molar-refractivity contribution in [2.75, 3.05) is 4.90 Å². The molecule has 12 aromatic rings. The van der Waals surface area contributed by atoms with Crippen molar-refractivity contribution in [3.63, 3.8) is 0 Å². The summed E-state index contributed by atoms with van der Waals surface area (Å²) in [5, 5.41) is 7.30. The molecule has 13 rings (SSSR count). The van der Waals surface area contributed by atoms with Gasteiger partial charge in [0.15, 0.2) is 0 Å². The third-order valence-corrected chi connectivity index (χ3v) is 14.3. The molecule has 1 nitrogen and oxygen atoms in total. The van der Waals surface area contributed by atoms with Crippen molar-refractivity contribution < 1.29 is 0 Å². The Kier molecular flexibility index (Phi) is 9.47. The normalized spacial score (nSPS) is 12.5. The molecule has 0 aliphatic heterocycles. The summed E-state index contributed by atoms with van der Waals surface area (Å²) in [5.74, 6) is 0. The van der Waals surface area contributed by atoms with Gasteiger partial charge in [-0.25, -0.2) is 0 Å². The lowest BCUT2D eigenvalue weighted by Gasteiger charge is -2.34. The summed E-state index contributed by atoms with van der Waals surface area (Å²) in [5.41, 5.74) is 17.6. The molecule has 0 heterocycles. The Morgan fingerprint density at radius 1 is 0.250 bits per heavy atom. The fourth-order valence-electron chi connectivity index (χ4n) is 11.5. The Morgan fingerprint density at radius 2 is 0.735 bits per heavy atom. The minimum atomic E-state index is -0.553. The average molecular weight is 864 g/mol.